The zero-order valence-electron chi connectivity index (χ0n) is 18.3. The van der Waals surface area contributed by atoms with Gasteiger partial charge in [0.1, 0.15) is 11.6 Å². The van der Waals surface area contributed by atoms with Crippen LogP contribution >= 0.6 is 0 Å². The molecule has 1 unspecified atom stereocenters. The van der Waals surface area contributed by atoms with E-state index in [0.29, 0.717) is 12.4 Å². The molecule has 0 bridgehead atoms. The van der Waals surface area contributed by atoms with Crippen LogP contribution in [-0.2, 0) is 12.7 Å². The van der Waals surface area contributed by atoms with Crippen molar-refractivity contribution in [3.8, 4) is 11.3 Å². The first-order valence-corrected chi connectivity index (χ1v) is 10.4. The molecule has 0 saturated carbocycles. The predicted molar refractivity (Wildman–Crippen MR) is 117 cm³/mol. The minimum absolute atomic E-state index is 0.115. The Morgan fingerprint density at radius 1 is 1.06 bits per heavy atom. The second-order valence-corrected chi connectivity index (χ2v) is 8.25. The van der Waals surface area contributed by atoms with E-state index in [1.807, 2.05) is 43.5 Å². The second-order valence-electron chi connectivity index (χ2n) is 8.25. The number of rotatable bonds is 5. The fraction of sp³-hybridized carbons (Fsp3) is 0.409. The van der Waals surface area contributed by atoms with Crippen LogP contribution in [0, 0.1) is 0 Å². The van der Waals surface area contributed by atoms with Gasteiger partial charge < -0.3 is 9.80 Å². The minimum Gasteiger partial charge on any atom is -0.363 e. The van der Waals surface area contributed by atoms with Crippen molar-refractivity contribution in [2.24, 2.45) is 0 Å². The summed E-state index contributed by atoms with van der Waals surface area (Å²) in [6.07, 6.45) is 0.203. The number of pyridine rings is 2. The lowest BCUT2D eigenvalue weighted by Crippen LogP contribution is -2.51. The maximum Gasteiger partial charge on any atom is 0.417 e. The Hall–Kier alpha value is -3.14. The summed E-state index contributed by atoms with van der Waals surface area (Å²) < 4.78 is 38.4. The highest BCUT2D eigenvalue weighted by Crippen LogP contribution is 2.30. The molecule has 3 aromatic heterocycles. The Labute approximate surface area is 184 Å². The highest BCUT2D eigenvalue weighted by atomic mass is 19.4. The van der Waals surface area contributed by atoms with Crippen molar-refractivity contribution in [3.05, 3.63) is 54.0 Å². The second kappa shape index (κ2) is 8.78. The van der Waals surface area contributed by atoms with Crippen molar-refractivity contribution in [2.75, 3.05) is 43.5 Å². The van der Waals surface area contributed by atoms with Crippen LogP contribution in [0.4, 0.5) is 24.8 Å². The Morgan fingerprint density at radius 2 is 1.88 bits per heavy atom. The van der Waals surface area contributed by atoms with Gasteiger partial charge in [-0.3, -0.25) is 10.00 Å². The van der Waals surface area contributed by atoms with Crippen molar-refractivity contribution < 1.29 is 13.2 Å². The van der Waals surface area contributed by atoms with Crippen LogP contribution in [0.1, 0.15) is 18.1 Å². The van der Waals surface area contributed by atoms with Crippen molar-refractivity contribution in [2.45, 2.75) is 25.7 Å². The van der Waals surface area contributed by atoms with Crippen LogP contribution in [0.5, 0.6) is 0 Å². The molecule has 3 aromatic rings. The molecule has 0 spiro atoms. The summed E-state index contributed by atoms with van der Waals surface area (Å²) in [6.45, 7) is 5.01. The standard InChI is InChI=1S/C22H26F3N7/c1-15-13-31(8-9-32(15)20-7-5-18(12-27-20)22(23,24)25)14-17-11-28-29-21(17)16-4-6-19(26-10-16)30(2)3/h4-7,10-12,15H,8-9,13-14H2,1-3H3,(H,28,29). The lowest BCUT2D eigenvalue weighted by atomic mass is 10.1. The number of aromatic amines is 1. The molecule has 0 radical (unpaired) electrons. The highest BCUT2D eigenvalue weighted by Gasteiger charge is 2.31. The molecule has 1 fully saturated rings. The molecule has 1 aliphatic heterocycles. The Balaban J connectivity index is 1.41. The van der Waals surface area contributed by atoms with Crippen molar-refractivity contribution in [1.29, 1.82) is 0 Å². The molecule has 4 rings (SSSR count). The fourth-order valence-electron chi connectivity index (χ4n) is 3.96. The van der Waals surface area contributed by atoms with Gasteiger partial charge in [-0.1, -0.05) is 0 Å². The molecule has 1 aliphatic rings. The van der Waals surface area contributed by atoms with Gasteiger partial charge in [0.2, 0.25) is 0 Å². The van der Waals surface area contributed by atoms with Crippen LogP contribution in [-0.4, -0.2) is 64.8 Å². The summed E-state index contributed by atoms with van der Waals surface area (Å²) in [5.74, 6) is 1.46. The molecular formula is C22H26F3N7. The van der Waals surface area contributed by atoms with E-state index < -0.39 is 11.7 Å². The van der Waals surface area contributed by atoms with E-state index >= 15 is 0 Å². The average Bonchev–Trinajstić information content (AvgIpc) is 3.21. The quantitative estimate of drug-likeness (QED) is 0.647. The monoisotopic (exact) mass is 445 g/mol. The molecule has 0 aromatic carbocycles. The SMILES string of the molecule is CC1CN(Cc2cn[nH]c2-c2ccc(N(C)C)nc2)CCN1c1ccc(C(F)(F)F)cn1. The van der Waals surface area contributed by atoms with Gasteiger partial charge in [0.05, 0.1) is 17.5 Å². The number of alkyl halides is 3. The highest BCUT2D eigenvalue weighted by molar-refractivity contribution is 5.63. The number of nitrogens with one attached hydrogen (secondary N) is 1. The van der Waals surface area contributed by atoms with Gasteiger partial charge in [-0.15, -0.1) is 0 Å². The van der Waals surface area contributed by atoms with Crippen molar-refractivity contribution in [1.82, 2.24) is 25.1 Å². The minimum atomic E-state index is -4.37. The molecule has 170 valence electrons. The zero-order chi connectivity index (χ0) is 22.9. The van der Waals surface area contributed by atoms with Crippen LogP contribution in [0.25, 0.3) is 11.3 Å². The number of H-pyrrole nitrogens is 1. The number of hydrogen-bond donors (Lipinski definition) is 1. The number of hydrogen-bond acceptors (Lipinski definition) is 6. The third kappa shape index (κ3) is 4.69. The molecule has 0 aliphatic carbocycles. The van der Waals surface area contributed by atoms with Crippen molar-refractivity contribution in [3.63, 3.8) is 0 Å². The summed E-state index contributed by atoms with van der Waals surface area (Å²) in [5.41, 5.74) is 2.27. The first-order chi connectivity index (χ1) is 15.2. The number of aromatic nitrogens is 4. The third-order valence-corrected chi connectivity index (χ3v) is 5.69. The smallest absolute Gasteiger partial charge is 0.363 e. The summed E-state index contributed by atoms with van der Waals surface area (Å²) in [5, 5.41) is 7.31. The summed E-state index contributed by atoms with van der Waals surface area (Å²) in [7, 11) is 3.90. The number of nitrogens with zero attached hydrogens (tertiary/aromatic N) is 6. The maximum absolute atomic E-state index is 12.8. The van der Waals surface area contributed by atoms with Gasteiger partial charge in [0.15, 0.2) is 0 Å². The molecule has 7 nitrogen and oxygen atoms in total. The summed E-state index contributed by atoms with van der Waals surface area (Å²) >= 11 is 0. The first kappa shape index (κ1) is 22.1. The summed E-state index contributed by atoms with van der Waals surface area (Å²) in [4.78, 5) is 14.9. The van der Waals surface area contributed by atoms with Crippen molar-refractivity contribution >= 4 is 11.6 Å². The topological polar surface area (TPSA) is 64.2 Å². The number of halogens is 3. The molecule has 1 saturated heterocycles. The van der Waals surface area contributed by atoms with Crippen LogP contribution < -0.4 is 9.80 Å². The molecule has 4 heterocycles. The van der Waals surface area contributed by atoms with E-state index in [1.165, 1.54) is 6.07 Å². The lowest BCUT2D eigenvalue weighted by Gasteiger charge is -2.40. The van der Waals surface area contributed by atoms with Gasteiger partial charge in [-0.2, -0.15) is 18.3 Å². The zero-order valence-corrected chi connectivity index (χ0v) is 18.3. The lowest BCUT2D eigenvalue weighted by molar-refractivity contribution is -0.137. The number of piperazine rings is 1. The van der Waals surface area contributed by atoms with E-state index in [4.69, 9.17) is 0 Å². The molecule has 10 heteroatoms. The molecule has 1 N–H and O–H groups in total. The van der Waals surface area contributed by atoms with Gasteiger partial charge in [0, 0.05) is 69.8 Å². The molecular weight excluding hydrogens is 419 g/mol. The Bertz CT molecular complexity index is 1030. The van der Waals surface area contributed by atoms with Gasteiger partial charge in [-0.25, -0.2) is 9.97 Å². The van der Waals surface area contributed by atoms with E-state index in [0.717, 1.165) is 54.5 Å². The fourth-order valence-corrected chi connectivity index (χ4v) is 3.96. The Kier molecular flexibility index (Phi) is 6.05. The molecule has 0 amide bonds. The Morgan fingerprint density at radius 3 is 2.47 bits per heavy atom. The van der Waals surface area contributed by atoms with E-state index in [1.54, 1.807) is 0 Å². The van der Waals surface area contributed by atoms with Crippen LogP contribution in [0.2, 0.25) is 0 Å². The molecule has 1 atom stereocenters. The average molecular weight is 445 g/mol. The van der Waals surface area contributed by atoms with E-state index in [-0.39, 0.29) is 6.04 Å². The maximum atomic E-state index is 12.8. The predicted octanol–water partition coefficient (Wildman–Crippen LogP) is 3.66. The van der Waals surface area contributed by atoms with Gasteiger partial charge in [-0.05, 0) is 31.2 Å². The third-order valence-electron chi connectivity index (χ3n) is 5.69. The van der Waals surface area contributed by atoms with Crippen LogP contribution in [0.15, 0.2) is 42.9 Å². The van der Waals surface area contributed by atoms with Gasteiger partial charge >= 0.3 is 6.18 Å². The largest absolute Gasteiger partial charge is 0.417 e. The van der Waals surface area contributed by atoms with E-state index in [2.05, 4.69) is 36.9 Å². The van der Waals surface area contributed by atoms with Crippen LogP contribution in [0.3, 0.4) is 0 Å². The normalized spacial score (nSPS) is 17.6. The summed E-state index contributed by atoms with van der Waals surface area (Å²) in [6, 6.07) is 6.65. The van der Waals surface area contributed by atoms with Gasteiger partial charge in [0.25, 0.3) is 0 Å². The molecule has 32 heavy (non-hydrogen) atoms. The first-order valence-electron chi connectivity index (χ1n) is 10.4. The number of anilines is 2. The van der Waals surface area contributed by atoms with E-state index in [9.17, 15) is 13.2 Å².